The molecule has 1 amide bonds. The number of amides is 1. The topological polar surface area (TPSA) is 77.0 Å². The highest BCUT2D eigenvalue weighted by Gasteiger charge is 2.08. The normalized spacial score (nSPS) is 11.0. The van der Waals surface area contributed by atoms with Crippen molar-refractivity contribution in [1.29, 1.82) is 0 Å². The summed E-state index contributed by atoms with van der Waals surface area (Å²) in [7, 11) is 1.23. The Kier molecular flexibility index (Phi) is 8.74. The summed E-state index contributed by atoms with van der Waals surface area (Å²) in [5, 5.41) is 4.54. The molecule has 1 N–H and O–H groups in total. The number of nitrogens with zero attached hydrogens (tertiary/aromatic N) is 1. The average Bonchev–Trinajstić information content (AvgIpc) is 2.54. The number of ether oxygens (including phenoxy) is 2. The maximum absolute atomic E-state index is 12.9. The molecule has 1 aromatic rings. The second-order valence-corrected chi connectivity index (χ2v) is 5.48. The smallest absolute Gasteiger partial charge is 0.427 e. The Bertz CT molecular complexity index is 549. The van der Waals surface area contributed by atoms with Crippen molar-refractivity contribution in [2.24, 2.45) is 5.10 Å². The minimum atomic E-state index is -0.687. The molecule has 0 aliphatic heterocycles. The molecule has 0 saturated carbocycles. The number of halogens is 1. The van der Waals surface area contributed by atoms with Crippen LogP contribution in [0, 0.1) is 5.82 Å². The van der Waals surface area contributed by atoms with E-state index >= 15 is 0 Å². The second kappa shape index (κ2) is 10.6. The maximum Gasteiger partial charge on any atom is 0.427 e. The summed E-state index contributed by atoms with van der Waals surface area (Å²) in [6.07, 6.45) is -0.0516. The van der Waals surface area contributed by atoms with Crippen molar-refractivity contribution in [2.45, 2.75) is 19.8 Å². The zero-order valence-electron chi connectivity index (χ0n) is 13.0. The van der Waals surface area contributed by atoms with Crippen molar-refractivity contribution in [3.63, 3.8) is 0 Å². The van der Waals surface area contributed by atoms with Crippen molar-refractivity contribution in [3.05, 3.63) is 35.6 Å². The number of nitrogens with one attached hydrogen (secondary N) is 1. The number of hydrogen-bond donors (Lipinski definition) is 1. The number of carbonyl (C=O) groups excluding carboxylic acids is 2. The van der Waals surface area contributed by atoms with E-state index in [1.165, 1.54) is 31.0 Å². The number of methoxy groups -OCH3 is 1. The lowest BCUT2D eigenvalue weighted by Gasteiger charge is -2.07. The monoisotopic (exact) mass is 342 g/mol. The molecule has 23 heavy (non-hydrogen) atoms. The van der Waals surface area contributed by atoms with Crippen molar-refractivity contribution in [1.82, 2.24) is 5.43 Å². The minimum absolute atomic E-state index is 0.235. The van der Waals surface area contributed by atoms with Crippen LogP contribution in [0.15, 0.2) is 29.4 Å². The van der Waals surface area contributed by atoms with E-state index in [-0.39, 0.29) is 18.2 Å². The standard InChI is InChI=1S/C15H19FN2O4S/c1-3-22-14(19)8-9-23-13(17-18-15(20)21-2)10-11-4-6-12(16)7-5-11/h4-7H,3,8-10H2,1-2H3,(H,18,20)/b17-13+. The number of hydrogen-bond acceptors (Lipinski definition) is 6. The first kappa shape index (κ1) is 19.0. The summed E-state index contributed by atoms with van der Waals surface area (Å²) < 4.78 is 22.2. The van der Waals surface area contributed by atoms with Crippen LogP contribution in [0.3, 0.4) is 0 Å². The summed E-state index contributed by atoms with van der Waals surface area (Å²) in [6.45, 7) is 2.08. The molecule has 1 rings (SSSR count). The number of thioether (sulfide) groups is 1. The van der Waals surface area contributed by atoms with E-state index in [0.717, 1.165) is 5.56 Å². The summed E-state index contributed by atoms with van der Waals surface area (Å²) in [4.78, 5) is 22.4. The third-order valence-electron chi connectivity index (χ3n) is 2.61. The van der Waals surface area contributed by atoms with Crippen LogP contribution in [-0.4, -0.2) is 36.6 Å². The molecular weight excluding hydrogens is 323 g/mol. The second-order valence-electron chi connectivity index (χ2n) is 4.32. The lowest BCUT2D eigenvalue weighted by atomic mass is 10.2. The fourth-order valence-electron chi connectivity index (χ4n) is 1.54. The summed E-state index contributed by atoms with van der Waals surface area (Å²) >= 11 is 1.31. The first-order valence-electron chi connectivity index (χ1n) is 6.98. The van der Waals surface area contributed by atoms with Gasteiger partial charge < -0.3 is 9.47 Å². The van der Waals surface area contributed by atoms with Crippen LogP contribution in [0.4, 0.5) is 9.18 Å². The van der Waals surface area contributed by atoms with Gasteiger partial charge in [0.2, 0.25) is 0 Å². The minimum Gasteiger partial charge on any atom is -0.466 e. The molecule has 0 spiro atoms. The van der Waals surface area contributed by atoms with Crippen LogP contribution in [0.5, 0.6) is 0 Å². The average molecular weight is 342 g/mol. The van der Waals surface area contributed by atoms with Crippen molar-refractivity contribution in [2.75, 3.05) is 19.5 Å². The molecule has 0 aromatic heterocycles. The van der Waals surface area contributed by atoms with E-state index in [0.29, 0.717) is 23.8 Å². The molecule has 0 aliphatic rings. The third kappa shape index (κ3) is 8.20. The fraction of sp³-hybridized carbons (Fsp3) is 0.400. The lowest BCUT2D eigenvalue weighted by Crippen LogP contribution is -2.19. The van der Waals surface area contributed by atoms with Crippen molar-refractivity contribution < 1.29 is 23.5 Å². The Labute approximate surface area is 138 Å². The van der Waals surface area contributed by atoms with Crippen LogP contribution in [-0.2, 0) is 20.7 Å². The number of esters is 1. The Morgan fingerprint density at radius 1 is 1.30 bits per heavy atom. The summed E-state index contributed by atoms with van der Waals surface area (Å²) in [6, 6.07) is 5.97. The molecule has 0 bridgehead atoms. The molecule has 0 saturated heterocycles. The zero-order valence-corrected chi connectivity index (χ0v) is 13.8. The van der Waals surface area contributed by atoms with Gasteiger partial charge in [-0.15, -0.1) is 11.8 Å². The Hall–Kier alpha value is -2.09. The number of carbonyl (C=O) groups is 2. The van der Waals surface area contributed by atoms with E-state index < -0.39 is 6.09 Å². The van der Waals surface area contributed by atoms with Crippen LogP contribution in [0.25, 0.3) is 0 Å². The van der Waals surface area contributed by atoms with Gasteiger partial charge in [-0.2, -0.15) is 5.10 Å². The molecule has 0 fully saturated rings. The molecular formula is C15H19FN2O4S. The van der Waals surface area contributed by atoms with Gasteiger partial charge in [-0.05, 0) is 24.6 Å². The van der Waals surface area contributed by atoms with Gasteiger partial charge in [0.1, 0.15) is 5.82 Å². The van der Waals surface area contributed by atoms with Crippen molar-refractivity contribution in [3.8, 4) is 0 Å². The van der Waals surface area contributed by atoms with Gasteiger partial charge >= 0.3 is 12.1 Å². The van der Waals surface area contributed by atoms with E-state index in [1.54, 1.807) is 19.1 Å². The summed E-state index contributed by atoms with van der Waals surface area (Å²) in [5.74, 6) is -0.154. The highest BCUT2D eigenvalue weighted by atomic mass is 32.2. The molecule has 0 aliphatic carbocycles. The van der Waals surface area contributed by atoms with Crippen molar-refractivity contribution >= 4 is 28.9 Å². The van der Waals surface area contributed by atoms with E-state index in [2.05, 4.69) is 15.3 Å². The largest absolute Gasteiger partial charge is 0.466 e. The van der Waals surface area contributed by atoms with E-state index in [9.17, 15) is 14.0 Å². The lowest BCUT2D eigenvalue weighted by molar-refractivity contribution is -0.142. The highest BCUT2D eigenvalue weighted by molar-refractivity contribution is 8.13. The van der Waals surface area contributed by atoms with Crippen LogP contribution in [0.2, 0.25) is 0 Å². The van der Waals surface area contributed by atoms with Gasteiger partial charge in [0.05, 0.1) is 25.2 Å². The van der Waals surface area contributed by atoms with Gasteiger partial charge in [-0.25, -0.2) is 14.6 Å². The molecule has 0 radical (unpaired) electrons. The van der Waals surface area contributed by atoms with Gasteiger partial charge in [-0.3, -0.25) is 4.79 Å². The molecule has 126 valence electrons. The van der Waals surface area contributed by atoms with Crippen LogP contribution in [0.1, 0.15) is 18.9 Å². The molecule has 6 nitrogen and oxygen atoms in total. The fourth-order valence-corrected chi connectivity index (χ4v) is 2.42. The molecule has 0 atom stereocenters. The Morgan fingerprint density at radius 2 is 2.00 bits per heavy atom. The zero-order chi connectivity index (χ0) is 17.1. The Balaban J connectivity index is 2.63. The molecule has 0 unspecified atom stereocenters. The molecule has 0 heterocycles. The molecule has 1 aromatic carbocycles. The maximum atomic E-state index is 12.9. The number of hydrazone groups is 1. The SMILES string of the molecule is CCOC(=O)CCS/C(Cc1ccc(F)cc1)=N/NC(=O)OC. The van der Waals surface area contributed by atoms with E-state index in [1.807, 2.05) is 0 Å². The predicted molar refractivity (Wildman–Crippen MR) is 86.8 cm³/mol. The highest BCUT2D eigenvalue weighted by Crippen LogP contribution is 2.13. The van der Waals surface area contributed by atoms with Crippen LogP contribution >= 0.6 is 11.8 Å². The van der Waals surface area contributed by atoms with Gasteiger partial charge in [0.25, 0.3) is 0 Å². The van der Waals surface area contributed by atoms with Gasteiger partial charge in [0.15, 0.2) is 0 Å². The third-order valence-corrected chi connectivity index (χ3v) is 3.58. The first-order valence-corrected chi connectivity index (χ1v) is 7.97. The number of benzene rings is 1. The Morgan fingerprint density at radius 3 is 2.61 bits per heavy atom. The molecule has 8 heteroatoms. The van der Waals surface area contributed by atoms with E-state index in [4.69, 9.17) is 4.74 Å². The predicted octanol–water partition coefficient (Wildman–Crippen LogP) is 2.72. The summed E-state index contributed by atoms with van der Waals surface area (Å²) in [5.41, 5.74) is 3.08. The van der Waals surface area contributed by atoms with Gasteiger partial charge in [-0.1, -0.05) is 12.1 Å². The van der Waals surface area contributed by atoms with Gasteiger partial charge in [0, 0.05) is 12.2 Å². The number of rotatable bonds is 7. The van der Waals surface area contributed by atoms with Crippen LogP contribution < -0.4 is 5.43 Å². The first-order chi connectivity index (χ1) is 11.0. The quantitative estimate of drug-likeness (QED) is 0.357.